The van der Waals surface area contributed by atoms with Crippen LogP contribution < -0.4 is 13.8 Å². The molecule has 1 heterocycles. The van der Waals surface area contributed by atoms with Gasteiger partial charge in [0.1, 0.15) is 4.90 Å². The Morgan fingerprint density at radius 1 is 1.04 bits per heavy atom. The molecule has 3 rings (SSSR count). The molecule has 24 heavy (non-hydrogen) atoms. The first-order valence-corrected chi connectivity index (χ1v) is 8.36. The van der Waals surface area contributed by atoms with Crippen molar-refractivity contribution in [2.75, 3.05) is 17.6 Å². The summed E-state index contributed by atoms with van der Waals surface area (Å²) in [6.07, 6.45) is 0. The number of hydrogen-bond acceptors (Lipinski definition) is 4. The average Bonchev–Trinajstić information content (AvgIpc) is 3.00. The molecule has 0 saturated heterocycles. The molecule has 0 spiro atoms. The van der Waals surface area contributed by atoms with Crippen molar-refractivity contribution < 1.29 is 31.1 Å². The summed E-state index contributed by atoms with van der Waals surface area (Å²) in [6.45, 7) is 1.48. The number of sulfonamides is 1. The number of benzene rings is 2. The van der Waals surface area contributed by atoms with Crippen LogP contribution in [-0.2, 0) is 10.0 Å². The third kappa shape index (κ3) is 2.54. The van der Waals surface area contributed by atoms with Crippen LogP contribution >= 0.6 is 0 Å². The second-order valence-electron chi connectivity index (χ2n) is 4.88. The minimum absolute atomic E-state index is 0.00939. The van der Waals surface area contributed by atoms with Crippen molar-refractivity contribution in [3.05, 3.63) is 47.8 Å². The zero-order valence-electron chi connectivity index (χ0n) is 12.4. The lowest BCUT2D eigenvalue weighted by Crippen LogP contribution is -2.31. The fourth-order valence-corrected chi connectivity index (χ4v) is 3.88. The maximum atomic E-state index is 13.9. The van der Waals surface area contributed by atoms with Crippen LogP contribution in [0.3, 0.4) is 0 Å². The Hall–Kier alpha value is -2.42. The van der Waals surface area contributed by atoms with Crippen molar-refractivity contribution in [1.82, 2.24) is 0 Å². The van der Waals surface area contributed by atoms with Crippen LogP contribution in [0.1, 0.15) is 6.92 Å². The predicted octanol–water partition coefficient (Wildman–Crippen LogP) is 3.05. The minimum atomic E-state index is -4.44. The molecule has 0 N–H and O–H groups in total. The lowest BCUT2D eigenvalue weighted by molar-refractivity contribution is 0.174. The Labute approximate surface area is 136 Å². The molecule has 0 atom stereocenters. The Morgan fingerprint density at radius 2 is 1.75 bits per heavy atom. The van der Waals surface area contributed by atoms with Crippen molar-refractivity contribution >= 4 is 15.7 Å². The van der Waals surface area contributed by atoms with Gasteiger partial charge < -0.3 is 9.47 Å². The highest BCUT2D eigenvalue weighted by molar-refractivity contribution is 7.92. The van der Waals surface area contributed by atoms with E-state index in [0.29, 0.717) is 23.6 Å². The normalized spacial score (nSPS) is 13.2. The number of halogens is 3. The summed E-state index contributed by atoms with van der Waals surface area (Å²) in [5, 5.41) is 0. The van der Waals surface area contributed by atoms with Crippen molar-refractivity contribution in [2.24, 2.45) is 0 Å². The van der Waals surface area contributed by atoms with E-state index in [1.807, 2.05) is 0 Å². The molecule has 2 aromatic rings. The van der Waals surface area contributed by atoms with E-state index in [1.165, 1.54) is 25.1 Å². The van der Waals surface area contributed by atoms with Crippen LogP contribution in [0, 0.1) is 17.5 Å². The van der Waals surface area contributed by atoms with E-state index in [4.69, 9.17) is 9.47 Å². The average molecular weight is 359 g/mol. The van der Waals surface area contributed by atoms with Gasteiger partial charge in [-0.3, -0.25) is 4.31 Å². The van der Waals surface area contributed by atoms with Crippen molar-refractivity contribution in [2.45, 2.75) is 11.8 Å². The largest absolute Gasteiger partial charge is 0.454 e. The molecule has 0 bridgehead atoms. The van der Waals surface area contributed by atoms with Crippen LogP contribution in [0.15, 0.2) is 35.2 Å². The first-order valence-electron chi connectivity index (χ1n) is 6.92. The summed E-state index contributed by atoms with van der Waals surface area (Å²) >= 11 is 0. The first kappa shape index (κ1) is 16.4. The maximum Gasteiger partial charge on any atom is 0.267 e. The molecular weight excluding hydrogens is 347 g/mol. The lowest BCUT2D eigenvalue weighted by Gasteiger charge is -2.23. The molecule has 128 valence electrons. The second kappa shape index (κ2) is 5.90. The van der Waals surface area contributed by atoms with E-state index >= 15 is 0 Å². The van der Waals surface area contributed by atoms with Gasteiger partial charge in [0, 0.05) is 12.6 Å². The van der Waals surface area contributed by atoms with Crippen LogP contribution in [0.2, 0.25) is 0 Å². The first-order chi connectivity index (χ1) is 11.4. The van der Waals surface area contributed by atoms with E-state index in [-0.39, 0.29) is 19.0 Å². The molecule has 9 heteroatoms. The lowest BCUT2D eigenvalue weighted by atomic mass is 10.3. The monoisotopic (exact) mass is 359 g/mol. The summed E-state index contributed by atoms with van der Waals surface area (Å²) in [6, 6.07) is 5.64. The van der Waals surface area contributed by atoms with Crippen molar-refractivity contribution in [1.29, 1.82) is 0 Å². The van der Waals surface area contributed by atoms with E-state index in [2.05, 4.69) is 0 Å². The zero-order chi connectivity index (χ0) is 17.5. The van der Waals surface area contributed by atoms with Crippen molar-refractivity contribution in [3.63, 3.8) is 0 Å². The van der Waals surface area contributed by atoms with Crippen LogP contribution in [0.25, 0.3) is 0 Å². The van der Waals surface area contributed by atoms with Gasteiger partial charge in [0.25, 0.3) is 10.0 Å². The van der Waals surface area contributed by atoms with Crippen LogP contribution in [0.4, 0.5) is 18.9 Å². The molecule has 0 amide bonds. The summed E-state index contributed by atoms with van der Waals surface area (Å²) in [4.78, 5) is -0.944. The SMILES string of the molecule is CCN(c1ccc2c(c1)OCO2)S(=O)(=O)c1ccc(F)c(F)c1F. The molecule has 1 aliphatic rings. The van der Waals surface area contributed by atoms with Crippen LogP contribution in [0.5, 0.6) is 11.5 Å². The molecule has 0 fully saturated rings. The number of hydrogen-bond donors (Lipinski definition) is 0. The zero-order valence-corrected chi connectivity index (χ0v) is 13.2. The minimum Gasteiger partial charge on any atom is -0.454 e. The predicted molar refractivity (Wildman–Crippen MR) is 79.1 cm³/mol. The quantitative estimate of drug-likeness (QED) is 0.788. The molecular formula is C15H12F3NO4S. The summed E-state index contributed by atoms with van der Waals surface area (Å²) < 4.78 is 76.9. The molecule has 2 aromatic carbocycles. The fraction of sp³-hybridized carbons (Fsp3) is 0.200. The van der Waals surface area contributed by atoms with E-state index in [1.54, 1.807) is 0 Å². The number of anilines is 1. The summed E-state index contributed by atoms with van der Waals surface area (Å²) in [7, 11) is -4.44. The second-order valence-corrected chi connectivity index (χ2v) is 6.71. The van der Waals surface area contributed by atoms with Crippen molar-refractivity contribution in [3.8, 4) is 11.5 Å². The Kier molecular flexibility index (Phi) is 4.04. The van der Waals surface area contributed by atoms with Gasteiger partial charge in [-0.15, -0.1) is 0 Å². The molecule has 0 unspecified atom stereocenters. The number of nitrogens with zero attached hydrogens (tertiary/aromatic N) is 1. The molecule has 1 aliphatic heterocycles. The summed E-state index contributed by atoms with van der Waals surface area (Å²) in [5.74, 6) is -4.26. The highest BCUT2D eigenvalue weighted by atomic mass is 32.2. The van der Waals surface area contributed by atoms with Gasteiger partial charge in [-0.2, -0.15) is 0 Å². The Morgan fingerprint density at radius 3 is 2.46 bits per heavy atom. The molecule has 0 aliphatic carbocycles. The third-order valence-corrected chi connectivity index (χ3v) is 5.42. The fourth-order valence-electron chi connectivity index (χ4n) is 2.36. The van der Waals surface area contributed by atoms with Gasteiger partial charge in [-0.25, -0.2) is 21.6 Å². The number of ether oxygens (including phenoxy) is 2. The maximum absolute atomic E-state index is 13.9. The van der Waals surface area contributed by atoms with Gasteiger partial charge in [0.2, 0.25) is 6.79 Å². The summed E-state index contributed by atoms with van der Waals surface area (Å²) in [5.41, 5.74) is 0.186. The third-order valence-electron chi connectivity index (χ3n) is 3.50. The number of rotatable bonds is 4. The molecule has 0 aromatic heterocycles. The standard InChI is InChI=1S/C15H12F3NO4S/c1-2-19(9-3-5-11-12(7-9)23-8-22-11)24(20,21)13-6-4-10(16)14(17)15(13)18/h3-7H,2,8H2,1H3. The molecule has 0 saturated carbocycles. The highest BCUT2D eigenvalue weighted by Crippen LogP contribution is 2.37. The van der Waals surface area contributed by atoms with Gasteiger partial charge in [-0.1, -0.05) is 0 Å². The van der Waals surface area contributed by atoms with Gasteiger partial charge in [0.15, 0.2) is 29.0 Å². The molecule has 0 radical (unpaired) electrons. The topological polar surface area (TPSA) is 55.8 Å². The Balaban J connectivity index is 2.09. The number of fused-ring (bicyclic) bond motifs is 1. The smallest absolute Gasteiger partial charge is 0.267 e. The van der Waals surface area contributed by atoms with Gasteiger partial charge in [0.05, 0.1) is 5.69 Å². The van der Waals surface area contributed by atoms with Crippen LogP contribution in [-0.4, -0.2) is 21.8 Å². The van der Waals surface area contributed by atoms with Gasteiger partial charge >= 0.3 is 0 Å². The van der Waals surface area contributed by atoms with E-state index in [9.17, 15) is 21.6 Å². The van der Waals surface area contributed by atoms with E-state index < -0.39 is 32.4 Å². The van der Waals surface area contributed by atoms with E-state index in [0.717, 1.165) is 4.31 Å². The molecule has 5 nitrogen and oxygen atoms in total. The highest BCUT2D eigenvalue weighted by Gasteiger charge is 2.30. The van der Waals surface area contributed by atoms with Gasteiger partial charge in [-0.05, 0) is 31.2 Å². The Bertz CT molecular complexity index is 902.